The lowest BCUT2D eigenvalue weighted by Gasteiger charge is -2.00. The Kier molecular flexibility index (Phi) is 4.76. The fourth-order valence-electron chi connectivity index (χ4n) is 3.63. The van der Waals surface area contributed by atoms with Crippen LogP contribution in [0.5, 0.6) is 0 Å². The summed E-state index contributed by atoms with van der Waals surface area (Å²) in [6.07, 6.45) is 3.41. The van der Waals surface area contributed by atoms with Crippen molar-refractivity contribution in [3.8, 4) is 0 Å². The van der Waals surface area contributed by atoms with Gasteiger partial charge in [-0.25, -0.2) is 24.3 Å². The molecule has 0 saturated carbocycles. The molecule has 5 rings (SSSR count). The third-order valence-electron chi connectivity index (χ3n) is 5.31. The number of nitrogens with zero attached hydrogens (tertiary/aromatic N) is 5. The summed E-state index contributed by atoms with van der Waals surface area (Å²) in [5.41, 5.74) is 4.99. The number of aromatic nitrogens is 5. The monoisotopic (exact) mass is 413 g/mol. The van der Waals surface area contributed by atoms with E-state index in [1.54, 1.807) is 28.9 Å². The zero-order valence-corrected chi connectivity index (χ0v) is 17.2. The smallest absolute Gasteiger partial charge is 0.322 e. The van der Waals surface area contributed by atoms with Gasteiger partial charge in [-0.1, -0.05) is 36.4 Å². The summed E-state index contributed by atoms with van der Waals surface area (Å²) in [6.45, 7) is 2.89. The van der Waals surface area contributed by atoms with Gasteiger partial charge in [0.2, 0.25) is 5.65 Å². The molecule has 0 radical (unpaired) electrons. The first-order chi connectivity index (χ1) is 15.2. The number of H-pyrrole nitrogens is 1. The highest BCUT2D eigenvalue weighted by Gasteiger charge is 2.24. The van der Waals surface area contributed by atoms with Crippen LogP contribution in [0, 0.1) is 6.92 Å². The van der Waals surface area contributed by atoms with E-state index >= 15 is 0 Å². The van der Waals surface area contributed by atoms with E-state index in [-0.39, 0.29) is 5.56 Å². The van der Waals surface area contributed by atoms with Crippen LogP contribution in [0.15, 0.2) is 64.8 Å². The Morgan fingerprint density at radius 2 is 1.84 bits per heavy atom. The van der Waals surface area contributed by atoms with Gasteiger partial charge in [-0.15, -0.1) is 9.78 Å². The van der Waals surface area contributed by atoms with Crippen LogP contribution in [0.3, 0.4) is 0 Å². The molecule has 8 heteroatoms. The maximum absolute atomic E-state index is 13.3. The number of methoxy groups -OCH3 is 1. The second kappa shape index (κ2) is 7.73. The van der Waals surface area contributed by atoms with Crippen molar-refractivity contribution < 1.29 is 9.72 Å². The van der Waals surface area contributed by atoms with Crippen LogP contribution in [-0.2, 0) is 11.3 Å². The van der Waals surface area contributed by atoms with Gasteiger partial charge in [-0.2, -0.15) is 0 Å². The van der Waals surface area contributed by atoms with E-state index in [0.717, 1.165) is 22.2 Å². The quantitative estimate of drug-likeness (QED) is 0.414. The van der Waals surface area contributed by atoms with Crippen LogP contribution in [0.4, 0.5) is 0 Å². The van der Waals surface area contributed by atoms with E-state index in [0.29, 0.717) is 35.3 Å². The molecule has 154 valence electrons. The van der Waals surface area contributed by atoms with Crippen molar-refractivity contribution >= 4 is 39.4 Å². The lowest BCUT2D eigenvalue weighted by Crippen LogP contribution is -2.28. The molecule has 8 nitrogen and oxygen atoms in total. The van der Waals surface area contributed by atoms with Crippen LogP contribution in [0.1, 0.15) is 11.1 Å². The molecule has 1 N–H and O–H groups in total. The Balaban J connectivity index is 1.82. The van der Waals surface area contributed by atoms with E-state index in [4.69, 9.17) is 14.7 Å². The van der Waals surface area contributed by atoms with Gasteiger partial charge in [0.15, 0.2) is 11.7 Å². The van der Waals surface area contributed by atoms with Gasteiger partial charge in [0.1, 0.15) is 5.52 Å². The Labute approximate surface area is 177 Å². The van der Waals surface area contributed by atoms with Crippen LogP contribution in [0.2, 0.25) is 0 Å². The SMILES string of the molecule is COCCn1c[nH+]c2c(c1=O)c1nc3ccccc3nc1n2N=Cc1ccccc1C. The summed E-state index contributed by atoms with van der Waals surface area (Å²) in [7, 11) is 1.61. The molecule has 0 amide bonds. The maximum atomic E-state index is 13.3. The Morgan fingerprint density at radius 1 is 1.10 bits per heavy atom. The Morgan fingerprint density at radius 3 is 2.61 bits per heavy atom. The molecule has 0 aliphatic carbocycles. The number of rotatable bonds is 5. The molecule has 0 saturated heterocycles. The van der Waals surface area contributed by atoms with Crippen molar-refractivity contribution in [1.82, 2.24) is 19.2 Å². The standard InChI is InChI=1S/C23H20N6O2/c1-15-7-3-4-8-16(15)13-25-29-21-19(23(30)28(14-24-21)11-12-31-2)20-22(29)27-18-10-6-5-9-17(18)26-20/h3-10,13-14H,11-12H2,1-2H3/p+1. The largest absolute Gasteiger partial charge is 0.381 e. The maximum Gasteiger partial charge on any atom is 0.322 e. The first kappa shape index (κ1) is 19.1. The average Bonchev–Trinajstić information content (AvgIpc) is 3.09. The number of nitrogens with one attached hydrogen (secondary N) is 1. The molecule has 0 atom stereocenters. The van der Waals surface area contributed by atoms with Gasteiger partial charge in [-0.3, -0.25) is 0 Å². The third-order valence-corrected chi connectivity index (χ3v) is 5.31. The molecule has 31 heavy (non-hydrogen) atoms. The summed E-state index contributed by atoms with van der Waals surface area (Å²) in [5.74, 6) is 0. The number of fused-ring (bicyclic) bond motifs is 4. The molecule has 0 fully saturated rings. The topological polar surface area (TPSA) is 88.4 Å². The summed E-state index contributed by atoms with van der Waals surface area (Å²) in [6, 6.07) is 15.6. The molecule has 3 heterocycles. The van der Waals surface area contributed by atoms with Gasteiger partial charge >= 0.3 is 5.56 Å². The number of aryl methyl sites for hydroxylation is 1. The number of benzene rings is 2. The van der Waals surface area contributed by atoms with Gasteiger partial charge in [0.25, 0.3) is 5.65 Å². The molecule has 2 aromatic carbocycles. The van der Waals surface area contributed by atoms with Crippen LogP contribution >= 0.6 is 0 Å². The second-order valence-electron chi connectivity index (χ2n) is 7.29. The minimum atomic E-state index is -0.162. The van der Waals surface area contributed by atoms with E-state index in [1.807, 2.05) is 55.5 Å². The Bertz CT molecular complexity index is 1520. The van der Waals surface area contributed by atoms with Crippen molar-refractivity contribution in [2.75, 3.05) is 13.7 Å². The van der Waals surface area contributed by atoms with Crippen LogP contribution in [0.25, 0.3) is 33.2 Å². The van der Waals surface area contributed by atoms with Gasteiger partial charge in [0, 0.05) is 7.11 Å². The van der Waals surface area contributed by atoms with Gasteiger partial charge in [0.05, 0.1) is 30.4 Å². The number of aromatic amines is 1. The fourth-order valence-corrected chi connectivity index (χ4v) is 3.63. The number of hydrogen-bond acceptors (Lipinski definition) is 5. The van der Waals surface area contributed by atoms with Gasteiger partial charge in [-0.05, 0) is 30.2 Å². The molecule has 0 aliphatic rings. The summed E-state index contributed by atoms with van der Waals surface area (Å²) < 4.78 is 8.36. The normalized spacial score (nSPS) is 11.9. The second-order valence-corrected chi connectivity index (χ2v) is 7.29. The van der Waals surface area contributed by atoms with E-state index in [2.05, 4.69) is 10.1 Å². The van der Waals surface area contributed by atoms with E-state index < -0.39 is 0 Å². The minimum Gasteiger partial charge on any atom is -0.381 e. The van der Waals surface area contributed by atoms with Crippen molar-refractivity contribution in [2.24, 2.45) is 5.10 Å². The van der Waals surface area contributed by atoms with Crippen molar-refractivity contribution in [2.45, 2.75) is 13.5 Å². The molecule has 0 spiro atoms. The minimum absolute atomic E-state index is 0.162. The third kappa shape index (κ3) is 3.27. The fraction of sp³-hybridized carbons (Fsp3) is 0.174. The molecular weight excluding hydrogens is 392 g/mol. The molecule has 0 unspecified atom stereocenters. The first-order valence-corrected chi connectivity index (χ1v) is 9.98. The van der Waals surface area contributed by atoms with Crippen molar-refractivity contribution in [3.63, 3.8) is 0 Å². The Hall–Kier alpha value is -3.91. The van der Waals surface area contributed by atoms with Crippen molar-refractivity contribution in [1.29, 1.82) is 0 Å². The van der Waals surface area contributed by atoms with Crippen molar-refractivity contribution in [3.05, 3.63) is 76.3 Å². The predicted octanol–water partition coefficient (Wildman–Crippen LogP) is 2.55. The molecule has 3 aromatic heterocycles. The summed E-state index contributed by atoms with van der Waals surface area (Å²) in [4.78, 5) is 26.0. The average molecular weight is 413 g/mol. The van der Waals surface area contributed by atoms with Crippen LogP contribution < -0.4 is 10.5 Å². The highest BCUT2D eigenvalue weighted by atomic mass is 16.5. The summed E-state index contributed by atoms with van der Waals surface area (Å²) in [5, 5.41) is 5.13. The first-order valence-electron chi connectivity index (χ1n) is 9.98. The molecule has 0 aliphatic heterocycles. The molecule has 0 bridgehead atoms. The zero-order valence-electron chi connectivity index (χ0n) is 17.2. The highest BCUT2D eigenvalue weighted by Crippen LogP contribution is 2.23. The van der Waals surface area contributed by atoms with E-state index in [1.165, 1.54) is 0 Å². The predicted molar refractivity (Wildman–Crippen MR) is 119 cm³/mol. The lowest BCUT2D eigenvalue weighted by atomic mass is 10.1. The lowest BCUT2D eigenvalue weighted by molar-refractivity contribution is -0.357. The number of ether oxygens (including phenoxy) is 1. The van der Waals surface area contributed by atoms with E-state index in [9.17, 15) is 4.79 Å². The molecule has 5 aromatic rings. The number of hydrogen-bond donors (Lipinski definition) is 0. The summed E-state index contributed by atoms with van der Waals surface area (Å²) >= 11 is 0. The van der Waals surface area contributed by atoms with Crippen LogP contribution in [-0.4, -0.2) is 39.1 Å². The van der Waals surface area contributed by atoms with Gasteiger partial charge < -0.3 is 4.74 Å². The highest BCUT2D eigenvalue weighted by molar-refractivity contribution is 6.03. The molecular formula is C23H21N6O2+. The number of para-hydroxylation sites is 2. The zero-order chi connectivity index (χ0) is 21.4.